The van der Waals surface area contributed by atoms with E-state index in [0.717, 1.165) is 11.1 Å². The summed E-state index contributed by atoms with van der Waals surface area (Å²) in [5.74, 6) is -0.694. The molecule has 4 amide bonds. The van der Waals surface area contributed by atoms with Crippen molar-refractivity contribution in [2.75, 3.05) is 23.7 Å². The first-order valence-electron chi connectivity index (χ1n) is 13.2. The van der Waals surface area contributed by atoms with Gasteiger partial charge in [-0.15, -0.1) is 0 Å². The highest BCUT2D eigenvalue weighted by Gasteiger charge is 2.10. The largest absolute Gasteiger partial charge is 0.348 e. The van der Waals surface area contributed by atoms with Crippen molar-refractivity contribution in [3.8, 4) is 0 Å². The van der Waals surface area contributed by atoms with Crippen LogP contribution in [0.25, 0.3) is 0 Å². The fourth-order valence-corrected chi connectivity index (χ4v) is 3.73. The minimum Gasteiger partial charge on any atom is -0.348 e. The molecule has 0 saturated carbocycles. The predicted molar refractivity (Wildman–Crippen MR) is 156 cm³/mol. The van der Waals surface area contributed by atoms with Crippen molar-refractivity contribution in [1.82, 2.24) is 10.6 Å². The minimum atomic E-state index is -0.263. The molecule has 0 aliphatic carbocycles. The Hall–Kier alpha value is -4.54. The normalized spacial score (nSPS) is 10.4. The van der Waals surface area contributed by atoms with Crippen molar-refractivity contribution in [3.05, 3.63) is 95.1 Å². The zero-order valence-electron chi connectivity index (χ0n) is 22.4. The van der Waals surface area contributed by atoms with Gasteiger partial charge in [0, 0.05) is 48.4 Å². The highest BCUT2D eigenvalue weighted by molar-refractivity contribution is 5.98. The summed E-state index contributed by atoms with van der Waals surface area (Å²) in [5, 5.41) is 11.3. The fourth-order valence-electron chi connectivity index (χ4n) is 3.73. The molecule has 40 heavy (non-hydrogen) atoms. The topological polar surface area (TPSA) is 168 Å². The highest BCUT2D eigenvalue weighted by Crippen LogP contribution is 2.12. The van der Waals surface area contributed by atoms with E-state index in [-0.39, 0.29) is 23.6 Å². The molecule has 0 fully saturated rings. The molecule has 0 unspecified atom stereocenters. The van der Waals surface area contributed by atoms with Gasteiger partial charge >= 0.3 is 0 Å². The lowest BCUT2D eigenvalue weighted by Gasteiger charge is -2.09. The van der Waals surface area contributed by atoms with Crippen molar-refractivity contribution in [3.63, 3.8) is 0 Å². The van der Waals surface area contributed by atoms with Crippen LogP contribution in [0.4, 0.5) is 11.4 Å². The number of nitrogens with two attached hydrogens (primary N) is 2. The molecule has 3 aromatic carbocycles. The van der Waals surface area contributed by atoms with Gasteiger partial charge < -0.3 is 32.7 Å². The van der Waals surface area contributed by atoms with E-state index in [9.17, 15) is 19.2 Å². The van der Waals surface area contributed by atoms with Crippen molar-refractivity contribution in [2.45, 2.75) is 38.8 Å². The average Bonchev–Trinajstić information content (AvgIpc) is 2.98. The molecule has 3 rings (SSSR count). The first kappa shape index (κ1) is 30.0. The number of benzene rings is 3. The van der Waals surface area contributed by atoms with Crippen LogP contribution in [0, 0.1) is 0 Å². The molecular weight excluding hydrogens is 508 g/mol. The van der Waals surface area contributed by atoms with Crippen LogP contribution in [0.2, 0.25) is 0 Å². The Balaban J connectivity index is 1.43. The maximum Gasteiger partial charge on any atom is 0.251 e. The number of hydrogen-bond donors (Lipinski definition) is 6. The summed E-state index contributed by atoms with van der Waals surface area (Å²) in [7, 11) is 0. The molecule has 3 aromatic rings. The molecule has 8 N–H and O–H groups in total. The van der Waals surface area contributed by atoms with Crippen LogP contribution in [-0.4, -0.2) is 36.7 Å². The van der Waals surface area contributed by atoms with E-state index in [2.05, 4.69) is 21.3 Å². The second kappa shape index (κ2) is 15.8. The van der Waals surface area contributed by atoms with Gasteiger partial charge in [0.15, 0.2) is 0 Å². The molecule has 0 aliphatic rings. The SMILES string of the molecule is NCCCC(=O)Nc1ccc(CNC(=O)c2ccc(C(=O)NCc3ccc(NC(=O)CCCN)cc3)cc2)cc1. The van der Waals surface area contributed by atoms with Crippen molar-refractivity contribution in [2.24, 2.45) is 11.5 Å². The number of hydrogen-bond acceptors (Lipinski definition) is 6. The molecule has 0 bridgehead atoms. The first-order chi connectivity index (χ1) is 19.4. The van der Waals surface area contributed by atoms with Gasteiger partial charge in [-0.1, -0.05) is 24.3 Å². The van der Waals surface area contributed by atoms with Crippen LogP contribution in [0.5, 0.6) is 0 Å². The van der Waals surface area contributed by atoms with E-state index in [1.165, 1.54) is 0 Å². The Labute approximate surface area is 233 Å². The summed E-state index contributed by atoms with van der Waals surface area (Å²) < 4.78 is 0. The number of nitrogens with one attached hydrogen (secondary N) is 4. The smallest absolute Gasteiger partial charge is 0.251 e. The molecule has 0 radical (unpaired) electrons. The van der Waals surface area contributed by atoms with Crippen LogP contribution in [0.3, 0.4) is 0 Å². The van der Waals surface area contributed by atoms with Crippen molar-refractivity contribution in [1.29, 1.82) is 0 Å². The molecule has 0 aliphatic heterocycles. The zero-order valence-corrected chi connectivity index (χ0v) is 22.4. The van der Waals surface area contributed by atoms with E-state index >= 15 is 0 Å². The summed E-state index contributed by atoms with van der Waals surface area (Å²) in [6.07, 6.45) is 2.02. The van der Waals surface area contributed by atoms with Crippen LogP contribution >= 0.6 is 0 Å². The van der Waals surface area contributed by atoms with E-state index in [4.69, 9.17) is 11.5 Å². The third kappa shape index (κ3) is 9.97. The molecular formula is C30H36N6O4. The molecule has 0 saturated heterocycles. The standard InChI is InChI=1S/C30H36N6O4/c31-17-1-3-27(37)35-25-13-5-21(6-14-25)19-33-29(39)23-9-11-24(12-10-23)30(40)34-20-22-7-15-26(16-8-22)36-28(38)4-2-18-32/h5-16H,1-4,17-20,31-32H2,(H,33,39)(H,34,40)(H,35,37)(H,36,38). The lowest BCUT2D eigenvalue weighted by atomic mass is 10.1. The van der Waals surface area contributed by atoms with Gasteiger partial charge in [0.1, 0.15) is 0 Å². The molecule has 10 nitrogen and oxygen atoms in total. The lowest BCUT2D eigenvalue weighted by Crippen LogP contribution is -2.24. The van der Waals surface area contributed by atoms with Gasteiger partial charge in [0.05, 0.1) is 0 Å². The second-order valence-electron chi connectivity index (χ2n) is 9.22. The van der Waals surface area contributed by atoms with Gasteiger partial charge in [-0.2, -0.15) is 0 Å². The molecule has 210 valence electrons. The van der Waals surface area contributed by atoms with Crippen molar-refractivity contribution >= 4 is 35.0 Å². The Bertz CT molecular complexity index is 1170. The van der Waals surface area contributed by atoms with Crippen molar-refractivity contribution < 1.29 is 19.2 Å². The summed E-state index contributed by atoms with van der Waals surface area (Å²) >= 11 is 0. The van der Waals surface area contributed by atoms with Gasteiger partial charge in [-0.25, -0.2) is 0 Å². The monoisotopic (exact) mass is 544 g/mol. The summed E-state index contributed by atoms with van der Waals surface area (Å²) in [4.78, 5) is 48.7. The first-order valence-corrected chi connectivity index (χ1v) is 13.2. The van der Waals surface area contributed by atoms with E-state index in [0.29, 0.717) is 74.4 Å². The zero-order chi connectivity index (χ0) is 28.7. The van der Waals surface area contributed by atoms with E-state index < -0.39 is 0 Å². The lowest BCUT2D eigenvalue weighted by molar-refractivity contribution is -0.117. The maximum atomic E-state index is 12.6. The summed E-state index contributed by atoms with van der Waals surface area (Å²) in [6, 6.07) is 20.9. The van der Waals surface area contributed by atoms with Gasteiger partial charge in [0.25, 0.3) is 11.8 Å². The number of anilines is 2. The van der Waals surface area contributed by atoms with Crippen LogP contribution < -0.4 is 32.7 Å². The van der Waals surface area contributed by atoms with Crippen LogP contribution in [-0.2, 0) is 22.7 Å². The highest BCUT2D eigenvalue weighted by atomic mass is 16.2. The van der Waals surface area contributed by atoms with Gasteiger partial charge in [-0.3, -0.25) is 19.2 Å². The third-order valence-corrected chi connectivity index (χ3v) is 6.01. The van der Waals surface area contributed by atoms with E-state index in [1.54, 1.807) is 48.5 Å². The van der Waals surface area contributed by atoms with E-state index in [1.807, 2.05) is 24.3 Å². The quantitative estimate of drug-likeness (QED) is 0.182. The Morgan fingerprint density at radius 2 is 0.875 bits per heavy atom. The second-order valence-corrected chi connectivity index (χ2v) is 9.22. The minimum absolute atomic E-state index is 0.0844. The predicted octanol–water partition coefficient (Wildman–Crippen LogP) is 2.90. The molecule has 0 aromatic heterocycles. The van der Waals surface area contributed by atoms with Gasteiger partial charge in [-0.05, 0) is 85.6 Å². The molecule has 10 heteroatoms. The molecule has 0 spiro atoms. The number of carbonyl (C=O) groups excluding carboxylic acids is 4. The molecule has 0 heterocycles. The van der Waals surface area contributed by atoms with Crippen LogP contribution in [0.1, 0.15) is 57.5 Å². The number of amides is 4. The third-order valence-electron chi connectivity index (χ3n) is 6.01. The maximum absolute atomic E-state index is 12.6. The Morgan fingerprint density at radius 1 is 0.525 bits per heavy atom. The average molecular weight is 545 g/mol. The Morgan fingerprint density at radius 3 is 1.20 bits per heavy atom. The fraction of sp³-hybridized carbons (Fsp3) is 0.267. The number of rotatable bonds is 14. The summed E-state index contributed by atoms with van der Waals surface area (Å²) in [5.41, 5.74) is 14.8. The summed E-state index contributed by atoms with van der Waals surface area (Å²) in [6.45, 7) is 1.58. The Kier molecular flexibility index (Phi) is 11.8. The van der Waals surface area contributed by atoms with Crippen LogP contribution in [0.15, 0.2) is 72.8 Å². The number of carbonyl (C=O) groups is 4. The van der Waals surface area contributed by atoms with Gasteiger partial charge in [0.2, 0.25) is 11.8 Å². The molecule has 0 atom stereocenters.